The van der Waals surface area contributed by atoms with Crippen LogP contribution in [0.1, 0.15) is 16.2 Å². The van der Waals surface area contributed by atoms with Crippen molar-refractivity contribution >= 4 is 17.8 Å². The quantitative estimate of drug-likeness (QED) is 0.402. The fourth-order valence-electron chi connectivity index (χ4n) is 0.905. The van der Waals surface area contributed by atoms with Crippen LogP contribution < -0.4 is 10.9 Å². The molecule has 8 nitrogen and oxygen atoms in total. The molecule has 0 unspecified atom stereocenters. The van der Waals surface area contributed by atoms with Gasteiger partial charge in [-0.15, -0.1) is 0 Å². The molecule has 0 spiro atoms. The van der Waals surface area contributed by atoms with Crippen molar-refractivity contribution in [1.29, 1.82) is 0 Å². The first kappa shape index (κ1) is 12.4. The van der Waals surface area contributed by atoms with E-state index in [-0.39, 0.29) is 5.69 Å². The average molecular weight is 238 g/mol. The Bertz CT molecular complexity index is 477. The van der Waals surface area contributed by atoms with Gasteiger partial charge in [0.05, 0.1) is 0 Å². The van der Waals surface area contributed by atoms with Crippen LogP contribution in [-0.4, -0.2) is 33.1 Å². The van der Waals surface area contributed by atoms with Crippen molar-refractivity contribution < 1.29 is 19.5 Å². The molecule has 4 N–H and O–H groups in total. The van der Waals surface area contributed by atoms with Gasteiger partial charge in [0.15, 0.2) is 5.69 Å². The van der Waals surface area contributed by atoms with Gasteiger partial charge in [0.2, 0.25) is 0 Å². The number of aromatic amines is 1. The first-order valence-electron chi connectivity index (χ1n) is 4.52. The van der Waals surface area contributed by atoms with Gasteiger partial charge < -0.3 is 5.11 Å². The Morgan fingerprint density at radius 2 is 2.06 bits per heavy atom. The lowest BCUT2D eigenvalue weighted by Gasteiger charge is -2.01. The van der Waals surface area contributed by atoms with E-state index in [4.69, 9.17) is 5.11 Å². The van der Waals surface area contributed by atoms with Crippen LogP contribution in [-0.2, 0) is 9.59 Å². The predicted molar refractivity (Wildman–Crippen MR) is 55.7 cm³/mol. The third-order valence-corrected chi connectivity index (χ3v) is 1.62. The second kappa shape index (κ2) is 5.45. The van der Waals surface area contributed by atoms with Crippen molar-refractivity contribution in [2.45, 2.75) is 6.92 Å². The molecule has 0 fully saturated rings. The van der Waals surface area contributed by atoms with Crippen LogP contribution in [0.25, 0.3) is 0 Å². The molecule has 1 aromatic rings. The minimum absolute atomic E-state index is 0.116. The summed E-state index contributed by atoms with van der Waals surface area (Å²) in [4.78, 5) is 32.4. The summed E-state index contributed by atoms with van der Waals surface area (Å²) in [6.07, 6.45) is 1.43. The number of carboxylic acids is 1. The van der Waals surface area contributed by atoms with E-state index in [9.17, 15) is 14.4 Å². The summed E-state index contributed by atoms with van der Waals surface area (Å²) in [6, 6.07) is 1.49. The van der Waals surface area contributed by atoms with Crippen LogP contribution in [0.3, 0.4) is 0 Å². The van der Waals surface area contributed by atoms with Crippen LogP contribution in [0.4, 0.5) is 0 Å². The predicted octanol–water partition coefficient (Wildman–Crippen LogP) is -0.880. The summed E-state index contributed by atoms with van der Waals surface area (Å²) in [6.45, 7) is 1.72. The van der Waals surface area contributed by atoms with Crippen molar-refractivity contribution in [1.82, 2.24) is 21.0 Å². The van der Waals surface area contributed by atoms with E-state index in [1.807, 2.05) is 5.43 Å². The Morgan fingerprint density at radius 3 is 2.59 bits per heavy atom. The molecule has 0 aromatic carbocycles. The van der Waals surface area contributed by atoms with Gasteiger partial charge in [0, 0.05) is 17.8 Å². The van der Waals surface area contributed by atoms with Gasteiger partial charge in [0.1, 0.15) is 0 Å². The molecule has 0 saturated heterocycles. The molecule has 1 rings (SSSR count). The molecular formula is C9H10N4O4. The maximum atomic E-state index is 11.4. The van der Waals surface area contributed by atoms with E-state index >= 15 is 0 Å². The number of carbonyl (C=O) groups is 3. The van der Waals surface area contributed by atoms with Gasteiger partial charge in [-0.1, -0.05) is 0 Å². The minimum Gasteiger partial charge on any atom is -0.478 e. The van der Waals surface area contributed by atoms with Crippen LogP contribution >= 0.6 is 0 Å². The normalized spacial score (nSPS) is 10.2. The van der Waals surface area contributed by atoms with Crippen molar-refractivity contribution in [2.24, 2.45) is 0 Å². The lowest BCUT2D eigenvalue weighted by atomic mass is 10.4. The standard InChI is InChI=1S/C9H10N4O4/c1-5-4-6(11-10-5)9(17)13-12-7(14)2-3-8(15)16/h2-4H,1H3,(H,10,11)(H,12,14)(H,13,17)(H,15,16). The molecule has 0 bridgehead atoms. The molecule has 0 aliphatic rings. The summed E-state index contributed by atoms with van der Waals surface area (Å²) in [5.41, 5.74) is 4.89. The van der Waals surface area contributed by atoms with E-state index in [1.54, 1.807) is 6.92 Å². The van der Waals surface area contributed by atoms with Gasteiger partial charge in [-0.3, -0.25) is 25.5 Å². The number of hydrazine groups is 1. The summed E-state index contributed by atoms with van der Waals surface area (Å²) >= 11 is 0. The second-order valence-corrected chi connectivity index (χ2v) is 3.05. The van der Waals surface area contributed by atoms with Crippen LogP contribution in [0.5, 0.6) is 0 Å². The number of aryl methyl sites for hydroxylation is 1. The number of carbonyl (C=O) groups excluding carboxylic acids is 2. The zero-order valence-corrected chi connectivity index (χ0v) is 8.85. The van der Waals surface area contributed by atoms with E-state index in [0.717, 1.165) is 6.08 Å². The lowest BCUT2D eigenvalue weighted by molar-refractivity contribution is -0.131. The fourth-order valence-corrected chi connectivity index (χ4v) is 0.905. The van der Waals surface area contributed by atoms with Crippen molar-refractivity contribution in [3.05, 3.63) is 29.6 Å². The largest absolute Gasteiger partial charge is 0.478 e. The summed E-state index contributed by atoms with van der Waals surface area (Å²) in [5, 5.41) is 14.5. The van der Waals surface area contributed by atoms with Gasteiger partial charge in [-0.25, -0.2) is 4.79 Å². The van der Waals surface area contributed by atoms with E-state index in [1.165, 1.54) is 6.07 Å². The number of amides is 2. The number of aromatic nitrogens is 2. The molecule has 2 amide bonds. The maximum Gasteiger partial charge on any atom is 0.328 e. The number of nitrogens with one attached hydrogen (secondary N) is 3. The fraction of sp³-hybridized carbons (Fsp3) is 0.111. The molecule has 17 heavy (non-hydrogen) atoms. The summed E-state index contributed by atoms with van der Waals surface area (Å²) in [7, 11) is 0. The molecule has 0 saturated carbocycles. The minimum atomic E-state index is -1.26. The Morgan fingerprint density at radius 1 is 1.35 bits per heavy atom. The first-order chi connectivity index (χ1) is 7.99. The smallest absolute Gasteiger partial charge is 0.328 e. The highest BCUT2D eigenvalue weighted by atomic mass is 16.4. The highest BCUT2D eigenvalue weighted by molar-refractivity contribution is 5.97. The Balaban J connectivity index is 2.43. The molecule has 1 heterocycles. The molecular weight excluding hydrogens is 228 g/mol. The van der Waals surface area contributed by atoms with Gasteiger partial charge >= 0.3 is 5.97 Å². The molecule has 0 aliphatic heterocycles. The molecule has 8 heteroatoms. The first-order valence-corrected chi connectivity index (χ1v) is 4.52. The van der Waals surface area contributed by atoms with E-state index < -0.39 is 17.8 Å². The number of rotatable bonds is 3. The SMILES string of the molecule is Cc1cc(C(=O)NNC(=O)C=CC(=O)O)n[nH]1. The van der Waals surface area contributed by atoms with E-state index in [2.05, 4.69) is 15.6 Å². The van der Waals surface area contributed by atoms with Crippen molar-refractivity contribution in [2.75, 3.05) is 0 Å². The van der Waals surface area contributed by atoms with Crippen LogP contribution in [0.15, 0.2) is 18.2 Å². The van der Waals surface area contributed by atoms with E-state index in [0.29, 0.717) is 11.8 Å². The Hall–Kier alpha value is -2.64. The zero-order chi connectivity index (χ0) is 12.8. The number of aliphatic carboxylic acids is 1. The number of H-pyrrole nitrogens is 1. The molecule has 0 radical (unpaired) electrons. The topological polar surface area (TPSA) is 124 Å². The molecule has 1 aromatic heterocycles. The van der Waals surface area contributed by atoms with Gasteiger partial charge in [-0.2, -0.15) is 5.10 Å². The highest BCUT2D eigenvalue weighted by Crippen LogP contribution is 1.96. The van der Waals surface area contributed by atoms with Crippen LogP contribution in [0, 0.1) is 6.92 Å². The average Bonchev–Trinajstić information content (AvgIpc) is 2.70. The second-order valence-electron chi connectivity index (χ2n) is 3.05. The molecule has 0 atom stereocenters. The number of nitrogens with zero attached hydrogens (tertiary/aromatic N) is 1. The van der Waals surface area contributed by atoms with Gasteiger partial charge in [0.25, 0.3) is 11.8 Å². The Labute approximate surface area is 95.7 Å². The summed E-state index contributed by atoms with van der Waals surface area (Å²) in [5.74, 6) is -2.62. The Kier molecular flexibility index (Phi) is 3.98. The summed E-state index contributed by atoms with van der Waals surface area (Å²) < 4.78 is 0. The number of hydrogen-bond donors (Lipinski definition) is 4. The monoisotopic (exact) mass is 238 g/mol. The third-order valence-electron chi connectivity index (χ3n) is 1.62. The van der Waals surface area contributed by atoms with Crippen molar-refractivity contribution in [3.8, 4) is 0 Å². The molecule has 90 valence electrons. The van der Waals surface area contributed by atoms with Gasteiger partial charge in [-0.05, 0) is 13.0 Å². The maximum absolute atomic E-state index is 11.4. The third kappa shape index (κ3) is 4.16. The number of hydrogen-bond acceptors (Lipinski definition) is 4. The molecule has 0 aliphatic carbocycles. The lowest BCUT2D eigenvalue weighted by Crippen LogP contribution is -2.41. The number of carboxylic acid groups (broad SMARTS) is 1. The highest BCUT2D eigenvalue weighted by Gasteiger charge is 2.09. The van der Waals surface area contributed by atoms with Crippen molar-refractivity contribution in [3.63, 3.8) is 0 Å². The van der Waals surface area contributed by atoms with Crippen LogP contribution in [0.2, 0.25) is 0 Å². The zero-order valence-electron chi connectivity index (χ0n) is 8.85.